The Labute approximate surface area is 113 Å². The molecule has 2 N–H and O–H groups in total. The third kappa shape index (κ3) is 3.13. The molecule has 1 heterocycles. The molecule has 0 aromatic heterocycles. The van der Waals surface area contributed by atoms with Gasteiger partial charge >= 0.3 is 0 Å². The van der Waals surface area contributed by atoms with Crippen molar-refractivity contribution in [3.63, 3.8) is 0 Å². The van der Waals surface area contributed by atoms with Crippen molar-refractivity contribution >= 4 is 10.0 Å². The smallest absolute Gasteiger partial charge is 0.241 e. The first-order valence-corrected chi connectivity index (χ1v) is 7.88. The maximum atomic E-state index is 13.5. The molecule has 0 bridgehead atoms. The van der Waals surface area contributed by atoms with Gasteiger partial charge in [0.1, 0.15) is 5.82 Å². The minimum Gasteiger partial charge on any atom is -0.315 e. The lowest BCUT2D eigenvalue weighted by Gasteiger charge is -2.30. The Kier molecular flexibility index (Phi) is 4.23. The first-order valence-electron chi connectivity index (χ1n) is 6.40. The van der Waals surface area contributed by atoms with E-state index in [9.17, 15) is 12.8 Å². The van der Waals surface area contributed by atoms with Crippen molar-refractivity contribution in [1.82, 2.24) is 10.0 Å². The molecule has 1 aliphatic rings. The van der Waals surface area contributed by atoms with E-state index in [0.717, 1.165) is 13.0 Å². The molecular formula is C13H19FN2O2S. The Balaban J connectivity index is 2.25. The van der Waals surface area contributed by atoms with Crippen LogP contribution in [0.25, 0.3) is 0 Å². The molecule has 0 saturated carbocycles. The number of rotatable bonds is 3. The highest BCUT2D eigenvalue weighted by Crippen LogP contribution is 2.20. The molecule has 2 atom stereocenters. The van der Waals surface area contributed by atoms with E-state index >= 15 is 0 Å². The van der Waals surface area contributed by atoms with Gasteiger partial charge in [-0.15, -0.1) is 0 Å². The summed E-state index contributed by atoms with van der Waals surface area (Å²) in [7, 11) is -3.68. The fourth-order valence-electron chi connectivity index (χ4n) is 2.29. The largest absolute Gasteiger partial charge is 0.315 e. The zero-order chi connectivity index (χ0) is 14.0. The van der Waals surface area contributed by atoms with Crippen LogP contribution in [0, 0.1) is 18.7 Å². The van der Waals surface area contributed by atoms with Crippen LogP contribution in [-0.4, -0.2) is 27.5 Å². The van der Waals surface area contributed by atoms with Crippen LogP contribution < -0.4 is 10.0 Å². The number of benzene rings is 1. The van der Waals surface area contributed by atoms with Gasteiger partial charge < -0.3 is 5.32 Å². The fraction of sp³-hybridized carbons (Fsp3) is 0.538. The summed E-state index contributed by atoms with van der Waals surface area (Å²) < 4.78 is 40.8. The number of sulfonamides is 1. The van der Waals surface area contributed by atoms with E-state index in [1.54, 1.807) is 0 Å². The summed E-state index contributed by atoms with van der Waals surface area (Å²) in [6, 6.07) is 3.96. The lowest BCUT2D eigenvalue weighted by Crippen LogP contribution is -2.50. The molecule has 1 fully saturated rings. The molecule has 4 nitrogen and oxygen atoms in total. The van der Waals surface area contributed by atoms with Gasteiger partial charge in [-0.25, -0.2) is 17.5 Å². The Morgan fingerprint density at radius 1 is 1.42 bits per heavy atom. The predicted octanol–water partition coefficient (Wildman–Crippen LogP) is 1.41. The van der Waals surface area contributed by atoms with Gasteiger partial charge in [0.15, 0.2) is 0 Å². The van der Waals surface area contributed by atoms with Crippen molar-refractivity contribution in [1.29, 1.82) is 0 Å². The van der Waals surface area contributed by atoms with Crippen LogP contribution in [0.1, 0.15) is 18.9 Å². The number of halogens is 1. The minimum atomic E-state index is -3.68. The van der Waals surface area contributed by atoms with E-state index in [1.165, 1.54) is 25.1 Å². The summed E-state index contributed by atoms with van der Waals surface area (Å²) in [6.07, 6.45) is 0.926. The Hall–Kier alpha value is -0.980. The second-order valence-corrected chi connectivity index (χ2v) is 6.74. The van der Waals surface area contributed by atoms with Gasteiger partial charge in [-0.2, -0.15) is 0 Å². The molecule has 1 aliphatic heterocycles. The maximum absolute atomic E-state index is 13.5. The van der Waals surface area contributed by atoms with E-state index < -0.39 is 15.8 Å². The van der Waals surface area contributed by atoms with E-state index in [2.05, 4.69) is 10.0 Å². The molecule has 6 heteroatoms. The summed E-state index contributed by atoms with van der Waals surface area (Å²) in [5.41, 5.74) is 0.159. The van der Waals surface area contributed by atoms with Crippen LogP contribution in [0.5, 0.6) is 0 Å². The van der Waals surface area contributed by atoms with Gasteiger partial charge in [-0.1, -0.05) is 13.0 Å². The third-order valence-electron chi connectivity index (χ3n) is 3.64. The van der Waals surface area contributed by atoms with Crippen LogP contribution in [-0.2, 0) is 10.0 Å². The highest BCUT2D eigenvalue weighted by atomic mass is 32.2. The van der Waals surface area contributed by atoms with Crippen molar-refractivity contribution in [3.05, 3.63) is 29.6 Å². The molecule has 0 radical (unpaired) electrons. The fourth-order valence-corrected chi connectivity index (χ4v) is 3.89. The Bertz CT molecular complexity index is 560. The first kappa shape index (κ1) is 14.4. The number of hydrogen-bond donors (Lipinski definition) is 2. The average Bonchev–Trinajstić information content (AvgIpc) is 2.35. The van der Waals surface area contributed by atoms with Crippen LogP contribution in [0.4, 0.5) is 4.39 Å². The second-order valence-electron chi connectivity index (χ2n) is 5.06. The number of hydrogen-bond acceptors (Lipinski definition) is 3. The third-order valence-corrected chi connectivity index (χ3v) is 5.28. The van der Waals surface area contributed by atoms with Crippen LogP contribution >= 0.6 is 0 Å². The summed E-state index contributed by atoms with van der Waals surface area (Å²) >= 11 is 0. The Morgan fingerprint density at radius 2 is 2.16 bits per heavy atom. The zero-order valence-corrected chi connectivity index (χ0v) is 11.9. The summed E-state index contributed by atoms with van der Waals surface area (Å²) in [5, 5.41) is 3.16. The lowest BCUT2D eigenvalue weighted by molar-refractivity contribution is 0.327. The molecule has 2 rings (SSSR count). The quantitative estimate of drug-likeness (QED) is 0.883. The van der Waals surface area contributed by atoms with Gasteiger partial charge in [0, 0.05) is 18.2 Å². The number of nitrogens with one attached hydrogen (secondary N) is 2. The normalized spacial score (nSPS) is 24.4. The zero-order valence-electron chi connectivity index (χ0n) is 11.1. The van der Waals surface area contributed by atoms with Crippen molar-refractivity contribution in [2.75, 3.05) is 13.1 Å². The van der Waals surface area contributed by atoms with E-state index in [-0.39, 0.29) is 22.4 Å². The van der Waals surface area contributed by atoms with Crippen molar-refractivity contribution in [2.45, 2.75) is 31.2 Å². The van der Waals surface area contributed by atoms with Gasteiger partial charge in [-0.05, 0) is 37.9 Å². The monoisotopic (exact) mass is 286 g/mol. The molecule has 0 aliphatic carbocycles. The Morgan fingerprint density at radius 3 is 2.84 bits per heavy atom. The molecule has 1 aromatic rings. The van der Waals surface area contributed by atoms with Gasteiger partial charge in [0.25, 0.3) is 0 Å². The van der Waals surface area contributed by atoms with E-state index in [1.807, 2.05) is 6.92 Å². The molecule has 19 heavy (non-hydrogen) atoms. The first-order chi connectivity index (χ1) is 8.92. The average molecular weight is 286 g/mol. The van der Waals surface area contributed by atoms with Crippen LogP contribution in [0.2, 0.25) is 0 Å². The molecule has 1 aromatic carbocycles. The summed E-state index contributed by atoms with van der Waals surface area (Å²) in [6.45, 7) is 5.01. The van der Waals surface area contributed by atoms with Crippen molar-refractivity contribution < 1.29 is 12.8 Å². The summed E-state index contributed by atoms with van der Waals surface area (Å²) in [4.78, 5) is 0.0188. The molecule has 2 unspecified atom stereocenters. The maximum Gasteiger partial charge on any atom is 0.241 e. The topological polar surface area (TPSA) is 58.2 Å². The molecular weight excluding hydrogens is 267 g/mol. The second kappa shape index (κ2) is 5.56. The van der Waals surface area contributed by atoms with Crippen molar-refractivity contribution in [3.8, 4) is 0 Å². The van der Waals surface area contributed by atoms with E-state index in [0.29, 0.717) is 6.54 Å². The van der Waals surface area contributed by atoms with Crippen LogP contribution in [0.15, 0.2) is 23.1 Å². The van der Waals surface area contributed by atoms with Gasteiger partial charge in [0.05, 0.1) is 4.90 Å². The summed E-state index contributed by atoms with van der Waals surface area (Å²) in [5.74, 6) is -0.234. The SMILES string of the molecule is Cc1c(F)cccc1S(=O)(=O)NC1CNCCC1C. The van der Waals surface area contributed by atoms with Crippen molar-refractivity contribution in [2.24, 2.45) is 5.92 Å². The molecule has 0 spiro atoms. The lowest BCUT2D eigenvalue weighted by atomic mass is 9.96. The highest BCUT2D eigenvalue weighted by Gasteiger charge is 2.27. The van der Waals surface area contributed by atoms with Crippen LogP contribution in [0.3, 0.4) is 0 Å². The van der Waals surface area contributed by atoms with Gasteiger partial charge in [0.2, 0.25) is 10.0 Å². The van der Waals surface area contributed by atoms with E-state index in [4.69, 9.17) is 0 Å². The minimum absolute atomic E-state index is 0.0188. The number of piperidine rings is 1. The molecule has 106 valence electrons. The highest BCUT2D eigenvalue weighted by molar-refractivity contribution is 7.89. The molecule has 0 amide bonds. The molecule has 1 saturated heterocycles. The standard InChI is InChI=1S/C13H19FN2O2S/c1-9-6-7-15-8-12(9)16-19(17,18)13-5-3-4-11(14)10(13)2/h3-5,9,12,15-16H,6-8H2,1-2H3. The predicted molar refractivity (Wildman–Crippen MR) is 71.9 cm³/mol. The van der Waals surface area contributed by atoms with Gasteiger partial charge in [-0.3, -0.25) is 0 Å².